The van der Waals surface area contributed by atoms with E-state index in [4.69, 9.17) is 5.73 Å². The molecule has 0 aliphatic carbocycles. The summed E-state index contributed by atoms with van der Waals surface area (Å²) in [6, 6.07) is 6.18. The van der Waals surface area contributed by atoms with Gasteiger partial charge >= 0.3 is 6.36 Å². The highest BCUT2D eigenvalue weighted by molar-refractivity contribution is 5.27. The van der Waals surface area contributed by atoms with E-state index in [0.29, 0.717) is 5.92 Å². The molecule has 0 unspecified atom stereocenters. The van der Waals surface area contributed by atoms with E-state index in [9.17, 15) is 13.2 Å². The Morgan fingerprint density at radius 3 is 2.19 bits per heavy atom. The van der Waals surface area contributed by atoms with Crippen LogP contribution < -0.4 is 15.8 Å². The summed E-state index contributed by atoms with van der Waals surface area (Å²) in [7, 11) is 0. The number of hydrogen-bond donors (Lipinski definition) is 2. The van der Waals surface area contributed by atoms with Crippen LogP contribution in [0.5, 0.6) is 5.75 Å². The van der Waals surface area contributed by atoms with Gasteiger partial charge in [0.2, 0.25) is 0 Å². The Labute approximate surface area is 123 Å². The highest BCUT2D eigenvalue weighted by Crippen LogP contribution is 2.24. The van der Waals surface area contributed by atoms with Gasteiger partial charge in [-0.25, -0.2) is 0 Å². The first-order chi connectivity index (χ1) is 9.94. The summed E-state index contributed by atoms with van der Waals surface area (Å²) in [5, 5.41) is 3.29. The van der Waals surface area contributed by atoms with Gasteiger partial charge < -0.3 is 15.8 Å². The second-order valence-electron chi connectivity index (χ2n) is 5.00. The molecule has 1 fully saturated rings. The standard InChI is InChI=1S/C13H16F3NO.C2H7N/c14-13(15,16)18-12-3-1-10(2-4-12)9-11-5-7-17-8-6-11;1-2-3/h1-4,11,17H,5-9H2;2-3H2,1H3. The van der Waals surface area contributed by atoms with Gasteiger partial charge in [-0.05, 0) is 62.5 Å². The van der Waals surface area contributed by atoms with Crippen molar-refractivity contribution in [2.75, 3.05) is 19.6 Å². The summed E-state index contributed by atoms with van der Waals surface area (Å²) in [5.74, 6) is 0.470. The third-order valence-corrected chi connectivity index (χ3v) is 3.14. The van der Waals surface area contributed by atoms with Crippen LogP contribution in [0, 0.1) is 5.92 Å². The quantitative estimate of drug-likeness (QED) is 0.902. The molecule has 0 amide bonds. The Morgan fingerprint density at radius 2 is 1.71 bits per heavy atom. The SMILES string of the molecule is CCN.FC(F)(F)Oc1ccc(CC2CCNCC2)cc1. The lowest BCUT2D eigenvalue weighted by molar-refractivity contribution is -0.274. The van der Waals surface area contributed by atoms with Gasteiger partial charge in [-0.2, -0.15) is 0 Å². The summed E-state index contributed by atoms with van der Waals surface area (Å²) in [4.78, 5) is 0. The van der Waals surface area contributed by atoms with E-state index in [1.54, 1.807) is 12.1 Å². The molecular formula is C15H23F3N2O. The molecule has 21 heavy (non-hydrogen) atoms. The lowest BCUT2D eigenvalue weighted by Crippen LogP contribution is -2.28. The molecule has 0 bridgehead atoms. The first kappa shape index (κ1) is 17.8. The number of halogens is 3. The molecule has 0 radical (unpaired) electrons. The average Bonchev–Trinajstić information content (AvgIpc) is 2.41. The molecule has 2 rings (SSSR count). The molecule has 1 aromatic carbocycles. The van der Waals surface area contributed by atoms with Crippen LogP contribution in [0.2, 0.25) is 0 Å². The number of ether oxygens (including phenoxy) is 1. The number of rotatable bonds is 3. The van der Waals surface area contributed by atoms with Crippen molar-refractivity contribution in [2.24, 2.45) is 11.7 Å². The van der Waals surface area contributed by atoms with Crippen molar-refractivity contribution in [1.29, 1.82) is 0 Å². The van der Waals surface area contributed by atoms with Crippen LogP contribution >= 0.6 is 0 Å². The molecule has 3 N–H and O–H groups in total. The van der Waals surface area contributed by atoms with E-state index in [0.717, 1.165) is 44.5 Å². The van der Waals surface area contributed by atoms with Crippen LogP contribution in [-0.4, -0.2) is 26.0 Å². The second kappa shape index (κ2) is 8.89. The molecule has 3 nitrogen and oxygen atoms in total. The number of hydrogen-bond acceptors (Lipinski definition) is 3. The minimum Gasteiger partial charge on any atom is -0.406 e. The first-order valence-electron chi connectivity index (χ1n) is 7.20. The zero-order chi connectivity index (χ0) is 15.7. The van der Waals surface area contributed by atoms with Crippen molar-refractivity contribution >= 4 is 0 Å². The van der Waals surface area contributed by atoms with Crippen molar-refractivity contribution in [2.45, 2.75) is 32.5 Å². The smallest absolute Gasteiger partial charge is 0.406 e. The Kier molecular flexibility index (Phi) is 7.53. The Balaban J connectivity index is 0.000000677. The molecule has 1 aliphatic heterocycles. The van der Waals surface area contributed by atoms with Crippen molar-refractivity contribution in [3.05, 3.63) is 29.8 Å². The molecule has 120 valence electrons. The molecule has 1 saturated heterocycles. The Hall–Kier alpha value is -1.27. The molecule has 0 aromatic heterocycles. The number of benzene rings is 1. The maximum atomic E-state index is 12.0. The largest absolute Gasteiger partial charge is 0.573 e. The number of piperidine rings is 1. The predicted octanol–water partition coefficient (Wildman–Crippen LogP) is 3.09. The maximum Gasteiger partial charge on any atom is 0.573 e. The summed E-state index contributed by atoms with van der Waals surface area (Å²) in [6.45, 7) is 4.71. The monoisotopic (exact) mass is 304 g/mol. The minimum absolute atomic E-state index is 0.156. The van der Waals surface area contributed by atoms with Gasteiger partial charge in [0.05, 0.1) is 0 Å². The normalized spacial score (nSPS) is 16.0. The third-order valence-electron chi connectivity index (χ3n) is 3.14. The minimum atomic E-state index is -4.61. The number of nitrogens with two attached hydrogens (primary N) is 1. The van der Waals surface area contributed by atoms with Crippen molar-refractivity contribution in [1.82, 2.24) is 5.32 Å². The van der Waals surface area contributed by atoms with Crippen molar-refractivity contribution in [3.8, 4) is 5.75 Å². The van der Waals surface area contributed by atoms with Gasteiger partial charge in [0.1, 0.15) is 5.75 Å². The van der Waals surface area contributed by atoms with E-state index in [1.807, 2.05) is 6.92 Å². The van der Waals surface area contributed by atoms with Crippen LogP contribution in [0.25, 0.3) is 0 Å². The first-order valence-corrected chi connectivity index (χ1v) is 7.20. The van der Waals surface area contributed by atoms with Gasteiger partial charge in [-0.3, -0.25) is 0 Å². The summed E-state index contributed by atoms with van der Waals surface area (Å²) < 4.78 is 39.8. The zero-order valence-corrected chi connectivity index (χ0v) is 12.2. The van der Waals surface area contributed by atoms with Gasteiger partial charge in [-0.15, -0.1) is 13.2 Å². The Morgan fingerprint density at radius 1 is 1.19 bits per heavy atom. The zero-order valence-electron chi connectivity index (χ0n) is 12.2. The fourth-order valence-electron chi connectivity index (χ4n) is 2.25. The second-order valence-corrected chi connectivity index (χ2v) is 5.00. The van der Waals surface area contributed by atoms with Crippen LogP contribution in [0.1, 0.15) is 25.3 Å². The van der Waals surface area contributed by atoms with Crippen molar-refractivity contribution in [3.63, 3.8) is 0 Å². The highest BCUT2D eigenvalue weighted by Gasteiger charge is 2.30. The lowest BCUT2D eigenvalue weighted by Gasteiger charge is -2.22. The van der Waals surface area contributed by atoms with Gasteiger partial charge in [0.15, 0.2) is 0 Å². The van der Waals surface area contributed by atoms with Gasteiger partial charge in [-0.1, -0.05) is 19.1 Å². The summed E-state index contributed by atoms with van der Waals surface area (Å²) in [6.07, 6.45) is -1.44. The summed E-state index contributed by atoms with van der Waals surface area (Å²) >= 11 is 0. The molecule has 0 atom stereocenters. The van der Waals surface area contributed by atoms with Crippen LogP contribution in [0.4, 0.5) is 13.2 Å². The van der Waals surface area contributed by atoms with E-state index in [2.05, 4.69) is 10.1 Å². The molecule has 6 heteroatoms. The van der Waals surface area contributed by atoms with Crippen molar-refractivity contribution < 1.29 is 17.9 Å². The topological polar surface area (TPSA) is 47.3 Å². The van der Waals surface area contributed by atoms with E-state index >= 15 is 0 Å². The van der Waals surface area contributed by atoms with Crippen LogP contribution in [0.15, 0.2) is 24.3 Å². The average molecular weight is 304 g/mol. The maximum absolute atomic E-state index is 12.0. The van der Waals surface area contributed by atoms with E-state index in [1.165, 1.54) is 12.1 Å². The molecular weight excluding hydrogens is 281 g/mol. The summed E-state index contributed by atoms with van der Waals surface area (Å²) in [5.41, 5.74) is 5.91. The number of nitrogens with one attached hydrogen (secondary N) is 1. The van der Waals surface area contributed by atoms with E-state index in [-0.39, 0.29) is 5.75 Å². The molecule has 1 aromatic rings. The third kappa shape index (κ3) is 7.92. The predicted molar refractivity (Wildman–Crippen MR) is 77.2 cm³/mol. The Bertz CT molecular complexity index is 387. The highest BCUT2D eigenvalue weighted by atomic mass is 19.4. The van der Waals surface area contributed by atoms with E-state index < -0.39 is 6.36 Å². The molecule has 0 spiro atoms. The van der Waals surface area contributed by atoms with Crippen LogP contribution in [0.3, 0.4) is 0 Å². The molecule has 1 aliphatic rings. The molecule has 1 heterocycles. The number of alkyl halides is 3. The van der Waals surface area contributed by atoms with Gasteiger partial charge in [0, 0.05) is 0 Å². The van der Waals surface area contributed by atoms with Crippen LogP contribution in [-0.2, 0) is 6.42 Å². The lowest BCUT2D eigenvalue weighted by atomic mass is 9.91. The van der Waals surface area contributed by atoms with Gasteiger partial charge in [0.25, 0.3) is 0 Å². The fourth-order valence-corrected chi connectivity index (χ4v) is 2.25. The fraction of sp³-hybridized carbons (Fsp3) is 0.600. The molecule has 0 saturated carbocycles.